The lowest BCUT2D eigenvalue weighted by atomic mass is 10.1. The second-order valence-corrected chi connectivity index (χ2v) is 7.33. The summed E-state index contributed by atoms with van der Waals surface area (Å²) in [5.41, 5.74) is 2.54. The van der Waals surface area contributed by atoms with Crippen LogP contribution < -0.4 is 9.64 Å². The first-order valence-corrected chi connectivity index (χ1v) is 10.3. The highest BCUT2D eigenvalue weighted by Crippen LogP contribution is 2.21. The number of nitrogens with zero attached hydrogens (tertiary/aromatic N) is 6. The predicted molar refractivity (Wildman–Crippen MR) is 114 cm³/mol. The third-order valence-corrected chi connectivity index (χ3v) is 5.44. The monoisotopic (exact) mass is 424 g/mol. The molecule has 0 N–H and O–H groups in total. The van der Waals surface area contributed by atoms with E-state index in [0.29, 0.717) is 32.1 Å². The van der Waals surface area contributed by atoms with Gasteiger partial charge in [-0.2, -0.15) is 5.10 Å². The minimum Gasteiger partial charge on any atom is -0.481 e. The Morgan fingerprint density at radius 1 is 1.10 bits per heavy atom. The molecule has 0 bridgehead atoms. The molecule has 3 aromatic rings. The maximum atomic E-state index is 13.2. The van der Waals surface area contributed by atoms with Crippen LogP contribution in [0.3, 0.4) is 0 Å². The summed E-state index contributed by atoms with van der Waals surface area (Å²) >= 11 is 0. The minimum atomic E-state index is -0.284. The second-order valence-electron chi connectivity index (χ2n) is 7.33. The molecule has 0 spiro atoms. The van der Waals surface area contributed by atoms with E-state index in [1.165, 1.54) is 18.5 Å². The van der Waals surface area contributed by atoms with Gasteiger partial charge < -0.3 is 14.5 Å². The highest BCUT2D eigenvalue weighted by Gasteiger charge is 2.23. The lowest BCUT2D eigenvalue weighted by Crippen LogP contribution is -2.50. The van der Waals surface area contributed by atoms with E-state index in [-0.39, 0.29) is 18.3 Å². The number of aromatic nitrogens is 4. The van der Waals surface area contributed by atoms with Crippen LogP contribution in [0.1, 0.15) is 12.6 Å². The summed E-state index contributed by atoms with van der Waals surface area (Å²) in [5.74, 6) is 1.06. The normalized spacial score (nSPS) is 14.0. The van der Waals surface area contributed by atoms with E-state index in [4.69, 9.17) is 4.74 Å². The van der Waals surface area contributed by atoms with Crippen molar-refractivity contribution < 1.29 is 13.9 Å². The highest BCUT2D eigenvalue weighted by atomic mass is 19.1. The summed E-state index contributed by atoms with van der Waals surface area (Å²) < 4.78 is 20.1. The molecule has 1 fully saturated rings. The number of hydrogen-bond acceptors (Lipinski definition) is 6. The zero-order valence-electron chi connectivity index (χ0n) is 17.7. The quantitative estimate of drug-likeness (QED) is 0.605. The fraction of sp³-hybridized carbons (Fsp3) is 0.364. The summed E-state index contributed by atoms with van der Waals surface area (Å²) in [6.45, 7) is 4.81. The van der Waals surface area contributed by atoms with Gasteiger partial charge in [0.05, 0.1) is 12.8 Å². The van der Waals surface area contributed by atoms with Crippen LogP contribution in [0.5, 0.6) is 5.88 Å². The van der Waals surface area contributed by atoms with Gasteiger partial charge in [-0.05, 0) is 36.8 Å². The third kappa shape index (κ3) is 4.65. The maximum Gasteiger partial charge on any atom is 0.244 e. The van der Waals surface area contributed by atoms with Crippen LogP contribution in [0.4, 0.5) is 10.2 Å². The Hall–Kier alpha value is -3.49. The molecule has 9 heteroatoms. The van der Waals surface area contributed by atoms with Crippen molar-refractivity contribution in [3.8, 4) is 17.1 Å². The van der Waals surface area contributed by atoms with Crippen molar-refractivity contribution in [2.24, 2.45) is 0 Å². The van der Waals surface area contributed by atoms with E-state index < -0.39 is 0 Å². The highest BCUT2D eigenvalue weighted by molar-refractivity contribution is 5.76. The van der Waals surface area contributed by atoms with Crippen LogP contribution in [-0.4, -0.2) is 63.8 Å². The van der Waals surface area contributed by atoms with Crippen molar-refractivity contribution in [2.75, 3.05) is 38.2 Å². The standard InChI is InChI=1S/C22H25FN6O2/c1-3-18-12-19(16-4-6-17(23)7-5-16)26-29(18)14-22(30)28-10-8-27(9-11-28)20-13-21(31-2)25-15-24-20/h4-7,12-13,15H,3,8-11,14H2,1-2H3. The number of methoxy groups -OCH3 is 1. The van der Waals surface area contributed by atoms with E-state index in [1.807, 2.05) is 17.9 Å². The molecule has 0 unspecified atom stereocenters. The molecule has 0 atom stereocenters. The average Bonchev–Trinajstić information content (AvgIpc) is 3.22. The molecular weight excluding hydrogens is 399 g/mol. The number of carbonyl (C=O) groups excluding carboxylic acids is 1. The van der Waals surface area contributed by atoms with Gasteiger partial charge in [0, 0.05) is 43.5 Å². The van der Waals surface area contributed by atoms with Gasteiger partial charge >= 0.3 is 0 Å². The first-order chi connectivity index (χ1) is 15.1. The third-order valence-electron chi connectivity index (χ3n) is 5.44. The van der Waals surface area contributed by atoms with Crippen LogP contribution in [0.15, 0.2) is 42.7 Å². The number of carbonyl (C=O) groups is 1. The average molecular weight is 424 g/mol. The van der Waals surface area contributed by atoms with E-state index in [2.05, 4.69) is 20.0 Å². The zero-order valence-corrected chi connectivity index (χ0v) is 17.7. The number of piperazine rings is 1. The molecule has 1 aromatic carbocycles. The van der Waals surface area contributed by atoms with Gasteiger partial charge in [0.25, 0.3) is 0 Å². The van der Waals surface area contributed by atoms with Gasteiger partial charge in [-0.15, -0.1) is 0 Å². The number of ether oxygens (including phenoxy) is 1. The molecule has 0 aliphatic carbocycles. The van der Waals surface area contributed by atoms with E-state index in [9.17, 15) is 9.18 Å². The Bertz CT molecular complexity index is 1040. The smallest absolute Gasteiger partial charge is 0.244 e. The molecule has 4 rings (SSSR count). The van der Waals surface area contributed by atoms with Crippen molar-refractivity contribution in [3.63, 3.8) is 0 Å². The summed E-state index contributed by atoms with van der Waals surface area (Å²) in [4.78, 5) is 25.2. The lowest BCUT2D eigenvalue weighted by Gasteiger charge is -2.35. The first-order valence-electron chi connectivity index (χ1n) is 10.3. The maximum absolute atomic E-state index is 13.2. The summed E-state index contributed by atoms with van der Waals surface area (Å²) in [6, 6.07) is 9.98. The van der Waals surface area contributed by atoms with Gasteiger partial charge in [-0.3, -0.25) is 9.48 Å². The van der Waals surface area contributed by atoms with E-state index >= 15 is 0 Å². The predicted octanol–water partition coefficient (Wildman–Crippen LogP) is 2.40. The van der Waals surface area contributed by atoms with Gasteiger partial charge in [0.1, 0.15) is 24.5 Å². The first kappa shape index (κ1) is 20.8. The lowest BCUT2D eigenvalue weighted by molar-refractivity contribution is -0.132. The van der Waals surface area contributed by atoms with Gasteiger partial charge in [0.2, 0.25) is 11.8 Å². The Kier molecular flexibility index (Phi) is 6.11. The van der Waals surface area contributed by atoms with Crippen LogP contribution >= 0.6 is 0 Å². The Labute approximate surface area is 180 Å². The molecule has 3 heterocycles. The van der Waals surface area contributed by atoms with Crippen molar-refractivity contribution >= 4 is 11.7 Å². The largest absolute Gasteiger partial charge is 0.481 e. The van der Waals surface area contributed by atoms with Gasteiger partial charge in [-0.25, -0.2) is 14.4 Å². The van der Waals surface area contributed by atoms with Crippen molar-refractivity contribution in [1.29, 1.82) is 0 Å². The number of rotatable bonds is 6. The molecule has 0 radical (unpaired) electrons. The molecule has 0 saturated carbocycles. The van der Waals surface area contributed by atoms with Gasteiger partial charge in [0.15, 0.2) is 0 Å². The molecule has 31 heavy (non-hydrogen) atoms. The van der Waals surface area contributed by atoms with Crippen LogP contribution in [0, 0.1) is 5.82 Å². The topological polar surface area (TPSA) is 76.4 Å². The zero-order chi connectivity index (χ0) is 21.8. The van der Waals surface area contributed by atoms with Crippen LogP contribution in [0.2, 0.25) is 0 Å². The fourth-order valence-electron chi connectivity index (χ4n) is 3.67. The van der Waals surface area contributed by atoms with Crippen molar-refractivity contribution in [1.82, 2.24) is 24.6 Å². The molecule has 1 aliphatic rings. The van der Waals surface area contributed by atoms with E-state index in [0.717, 1.165) is 29.2 Å². The summed E-state index contributed by atoms with van der Waals surface area (Å²) in [7, 11) is 1.57. The Balaban J connectivity index is 1.40. The fourth-order valence-corrected chi connectivity index (χ4v) is 3.67. The van der Waals surface area contributed by atoms with Crippen LogP contribution in [0.25, 0.3) is 11.3 Å². The van der Waals surface area contributed by atoms with Crippen molar-refractivity contribution in [2.45, 2.75) is 19.9 Å². The summed E-state index contributed by atoms with van der Waals surface area (Å²) in [5, 5.41) is 4.60. The Morgan fingerprint density at radius 2 is 1.84 bits per heavy atom. The number of amides is 1. The number of hydrogen-bond donors (Lipinski definition) is 0. The number of anilines is 1. The van der Waals surface area contributed by atoms with Gasteiger partial charge in [-0.1, -0.05) is 6.92 Å². The molecule has 2 aromatic heterocycles. The molecule has 162 valence electrons. The Morgan fingerprint density at radius 3 is 2.52 bits per heavy atom. The second kappa shape index (κ2) is 9.11. The SMILES string of the molecule is CCc1cc(-c2ccc(F)cc2)nn1CC(=O)N1CCN(c2cc(OC)ncn2)CC1. The van der Waals surface area contributed by atoms with E-state index in [1.54, 1.807) is 30.0 Å². The molecule has 8 nitrogen and oxygen atoms in total. The number of aryl methyl sites for hydroxylation is 1. The van der Waals surface area contributed by atoms with Crippen molar-refractivity contribution in [3.05, 3.63) is 54.2 Å². The van der Waals surface area contributed by atoms with Crippen LogP contribution in [-0.2, 0) is 17.8 Å². The number of benzene rings is 1. The molecule has 1 amide bonds. The molecule has 1 saturated heterocycles. The molecule has 1 aliphatic heterocycles. The summed E-state index contributed by atoms with van der Waals surface area (Å²) in [6.07, 6.45) is 2.24. The molecular formula is C22H25FN6O2. The number of halogens is 1. The minimum absolute atomic E-state index is 0.0309.